The molecule has 3 heteroatoms. The zero-order valence-corrected chi connectivity index (χ0v) is 9.84. The van der Waals surface area contributed by atoms with Crippen LogP contribution in [-0.2, 0) is 0 Å². The van der Waals surface area contributed by atoms with Crippen LogP contribution < -0.4 is 5.32 Å². The molecule has 15 heavy (non-hydrogen) atoms. The molecule has 1 aromatic rings. The number of halogens is 1. The molecule has 1 rings (SSSR count). The molecule has 0 radical (unpaired) electrons. The molecule has 0 saturated heterocycles. The largest absolute Gasteiger partial charge is 0.312 e. The molecule has 1 aromatic heterocycles. The van der Waals surface area contributed by atoms with E-state index in [0.717, 1.165) is 12.0 Å². The monoisotopic (exact) mass is 210 g/mol. The van der Waals surface area contributed by atoms with Gasteiger partial charge in [-0.3, -0.25) is 4.98 Å². The maximum atomic E-state index is 13.1. The van der Waals surface area contributed by atoms with Gasteiger partial charge < -0.3 is 5.32 Å². The third-order valence-electron chi connectivity index (χ3n) is 3.04. The highest BCUT2D eigenvalue weighted by atomic mass is 19.1. The molecule has 0 bridgehead atoms. The Hall–Kier alpha value is -0.960. The van der Waals surface area contributed by atoms with Gasteiger partial charge in [0.1, 0.15) is 5.82 Å². The molecule has 1 atom stereocenters. The van der Waals surface area contributed by atoms with E-state index >= 15 is 0 Å². The van der Waals surface area contributed by atoms with Crippen LogP contribution in [0.15, 0.2) is 18.5 Å². The lowest BCUT2D eigenvalue weighted by atomic mass is 9.79. The first kappa shape index (κ1) is 12.1. The average Bonchev–Trinajstić information content (AvgIpc) is 2.18. The molecule has 1 heterocycles. The lowest BCUT2D eigenvalue weighted by molar-refractivity contribution is 0.244. The first-order valence-electron chi connectivity index (χ1n) is 5.29. The van der Waals surface area contributed by atoms with E-state index in [0.29, 0.717) is 0 Å². The van der Waals surface area contributed by atoms with Crippen LogP contribution in [0.3, 0.4) is 0 Å². The van der Waals surface area contributed by atoms with E-state index in [1.807, 2.05) is 7.05 Å². The van der Waals surface area contributed by atoms with Crippen molar-refractivity contribution >= 4 is 0 Å². The summed E-state index contributed by atoms with van der Waals surface area (Å²) in [5.74, 6) is -0.278. The fraction of sp³-hybridized carbons (Fsp3) is 0.583. The molecule has 0 aromatic carbocycles. The number of nitrogens with zero attached hydrogens (tertiary/aromatic N) is 1. The van der Waals surface area contributed by atoms with Crippen molar-refractivity contribution in [2.24, 2.45) is 5.41 Å². The van der Waals surface area contributed by atoms with Crippen LogP contribution in [-0.4, -0.2) is 12.0 Å². The number of pyridine rings is 1. The van der Waals surface area contributed by atoms with Crippen molar-refractivity contribution in [2.45, 2.75) is 33.2 Å². The molecule has 0 saturated carbocycles. The number of hydrogen-bond acceptors (Lipinski definition) is 2. The summed E-state index contributed by atoms with van der Waals surface area (Å²) in [5, 5.41) is 3.23. The lowest BCUT2D eigenvalue weighted by Gasteiger charge is -2.33. The van der Waals surface area contributed by atoms with Gasteiger partial charge in [-0.1, -0.05) is 20.8 Å². The fourth-order valence-electron chi connectivity index (χ4n) is 1.80. The van der Waals surface area contributed by atoms with Crippen molar-refractivity contribution in [3.63, 3.8) is 0 Å². The first-order valence-corrected chi connectivity index (χ1v) is 5.29. The molecule has 2 nitrogen and oxygen atoms in total. The van der Waals surface area contributed by atoms with Gasteiger partial charge in [0, 0.05) is 12.2 Å². The Kier molecular flexibility index (Phi) is 3.80. The summed E-state index contributed by atoms with van der Waals surface area (Å²) in [7, 11) is 1.90. The van der Waals surface area contributed by atoms with E-state index in [2.05, 4.69) is 31.1 Å². The molecule has 1 unspecified atom stereocenters. The summed E-state index contributed by atoms with van der Waals surface area (Å²) in [5.41, 5.74) is 0.994. The van der Waals surface area contributed by atoms with Crippen molar-refractivity contribution in [1.82, 2.24) is 10.3 Å². The number of hydrogen-bond donors (Lipinski definition) is 1. The highest BCUT2D eigenvalue weighted by molar-refractivity contribution is 5.17. The molecule has 1 N–H and O–H groups in total. The molecule has 0 aliphatic carbocycles. The highest BCUT2D eigenvalue weighted by Crippen LogP contribution is 2.35. The summed E-state index contributed by atoms with van der Waals surface area (Å²) in [6, 6.07) is 1.68. The van der Waals surface area contributed by atoms with Crippen molar-refractivity contribution in [3.8, 4) is 0 Å². The molecule has 0 aliphatic rings. The Morgan fingerprint density at radius 1 is 1.47 bits per heavy atom. The second-order valence-electron chi connectivity index (χ2n) is 4.50. The second-order valence-corrected chi connectivity index (χ2v) is 4.50. The molecule has 0 amide bonds. The first-order chi connectivity index (χ1) is 7.01. The molecular formula is C12H19FN2. The van der Waals surface area contributed by atoms with Crippen molar-refractivity contribution in [2.75, 3.05) is 7.05 Å². The standard InChI is InChI=1S/C12H19FN2/c1-5-12(2,3)11(14-4)9-6-10(13)8-15-7-9/h6-8,11,14H,5H2,1-4H3. The van der Waals surface area contributed by atoms with Crippen LogP contribution >= 0.6 is 0 Å². The number of nitrogens with one attached hydrogen (secondary N) is 1. The summed E-state index contributed by atoms with van der Waals surface area (Å²) < 4.78 is 13.1. The Balaban J connectivity index is 3.02. The molecule has 0 spiro atoms. The topological polar surface area (TPSA) is 24.9 Å². The van der Waals surface area contributed by atoms with Crippen molar-refractivity contribution in [1.29, 1.82) is 0 Å². The predicted molar refractivity (Wildman–Crippen MR) is 60.1 cm³/mol. The van der Waals surface area contributed by atoms with Crippen LogP contribution in [0.1, 0.15) is 38.8 Å². The quantitative estimate of drug-likeness (QED) is 0.826. The fourth-order valence-corrected chi connectivity index (χ4v) is 1.80. The summed E-state index contributed by atoms with van der Waals surface area (Å²) in [4.78, 5) is 3.89. The van der Waals surface area contributed by atoms with Crippen LogP contribution in [0.4, 0.5) is 4.39 Å². The van der Waals surface area contributed by atoms with E-state index in [-0.39, 0.29) is 17.3 Å². The van der Waals surface area contributed by atoms with E-state index in [4.69, 9.17) is 0 Å². The minimum atomic E-state index is -0.278. The van der Waals surface area contributed by atoms with Gasteiger partial charge in [0.15, 0.2) is 0 Å². The van der Waals surface area contributed by atoms with E-state index < -0.39 is 0 Å². The zero-order valence-electron chi connectivity index (χ0n) is 9.84. The van der Waals surface area contributed by atoms with Gasteiger partial charge >= 0.3 is 0 Å². The zero-order chi connectivity index (χ0) is 11.5. The Morgan fingerprint density at radius 2 is 2.13 bits per heavy atom. The number of aromatic nitrogens is 1. The Bertz CT molecular complexity index is 323. The third kappa shape index (κ3) is 2.75. The van der Waals surface area contributed by atoms with Gasteiger partial charge in [-0.2, -0.15) is 0 Å². The minimum Gasteiger partial charge on any atom is -0.312 e. The van der Waals surface area contributed by atoms with Gasteiger partial charge in [0.05, 0.1) is 6.20 Å². The van der Waals surface area contributed by atoms with Crippen LogP contribution in [0, 0.1) is 11.2 Å². The van der Waals surface area contributed by atoms with Gasteiger partial charge in [-0.15, -0.1) is 0 Å². The SMILES string of the molecule is CCC(C)(C)C(NC)c1cncc(F)c1. The van der Waals surface area contributed by atoms with Crippen molar-refractivity contribution < 1.29 is 4.39 Å². The third-order valence-corrected chi connectivity index (χ3v) is 3.04. The van der Waals surface area contributed by atoms with E-state index in [9.17, 15) is 4.39 Å². The summed E-state index contributed by atoms with van der Waals surface area (Å²) in [6.07, 6.45) is 3.98. The van der Waals surface area contributed by atoms with E-state index in [1.54, 1.807) is 12.3 Å². The molecule has 84 valence electrons. The normalized spacial score (nSPS) is 13.9. The maximum Gasteiger partial charge on any atom is 0.141 e. The van der Waals surface area contributed by atoms with Gasteiger partial charge in [-0.05, 0) is 30.5 Å². The van der Waals surface area contributed by atoms with Gasteiger partial charge in [0.25, 0.3) is 0 Å². The smallest absolute Gasteiger partial charge is 0.141 e. The summed E-state index contributed by atoms with van der Waals surface area (Å²) >= 11 is 0. The predicted octanol–water partition coefficient (Wildman–Crippen LogP) is 2.92. The minimum absolute atomic E-state index is 0.0875. The molecule has 0 aliphatic heterocycles. The molecular weight excluding hydrogens is 191 g/mol. The highest BCUT2D eigenvalue weighted by Gasteiger charge is 2.28. The Labute approximate surface area is 90.9 Å². The van der Waals surface area contributed by atoms with Crippen LogP contribution in [0.25, 0.3) is 0 Å². The number of rotatable bonds is 4. The van der Waals surface area contributed by atoms with Gasteiger partial charge in [-0.25, -0.2) is 4.39 Å². The Morgan fingerprint density at radius 3 is 2.60 bits per heavy atom. The average molecular weight is 210 g/mol. The van der Waals surface area contributed by atoms with Gasteiger partial charge in [0.2, 0.25) is 0 Å². The van der Waals surface area contributed by atoms with Crippen molar-refractivity contribution in [3.05, 3.63) is 29.8 Å². The second kappa shape index (κ2) is 4.71. The van der Waals surface area contributed by atoms with E-state index in [1.165, 1.54) is 6.20 Å². The van der Waals surface area contributed by atoms with Crippen LogP contribution in [0.2, 0.25) is 0 Å². The maximum absolute atomic E-state index is 13.1. The molecule has 0 fully saturated rings. The lowest BCUT2D eigenvalue weighted by Crippen LogP contribution is -2.31. The summed E-state index contributed by atoms with van der Waals surface area (Å²) in [6.45, 7) is 6.47. The van der Waals surface area contributed by atoms with Crippen LogP contribution in [0.5, 0.6) is 0 Å².